The molecule has 10 heteroatoms. The molecule has 0 saturated heterocycles. The van der Waals surface area contributed by atoms with Crippen LogP contribution in [0.5, 0.6) is 5.75 Å². The Bertz CT molecular complexity index is 1160. The first kappa shape index (κ1) is 18.5. The third-order valence-corrected chi connectivity index (χ3v) is 4.51. The summed E-state index contributed by atoms with van der Waals surface area (Å²) in [6.45, 7) is 0.167. The summed E-state index contributed by atoms with van der Waals surface area (Å²) in [6, 6.07) is 12.2. The quantitative estimate of drug-likeness (QED) is 0.317. The molecule has 0 unspecified atom stereocenters. The molecule has 0 saturated carbocycles. The van der Waals surface area contributed by atoms with E-state index in [9.17, 15) is 0 Å². The minimum Gasteiger partial charge on any atom is -0.483 e. The number of hydrogen-bond donors (Lipinski definition) is 1. The number of benzene rings is 1. The van der Waals surface area contributed by atoms with Crippen molar-refractivity contribution in [1.82, 2.24) is 14.9 Å². The van der Waals surface area contributed by atoms with Crippen LogP contribution in [0.2, 0.25) is 10.0 Å². The van der Waals surface area contributed by atoms with Gasteiger partial charge in [0, 0.05) is 0 Å². The van der Waals surface area contributed by atoms with E-state index in [1.807, 2.05) is 0 Å². The highest BCUT2D eigenvalue weighted by atomic mass is 35.5. The number of halogens is 2. The molecule has 0 atom stereocenters. The first-order chi connectivity index (χ1) is 13.6. The molecule has 1 aromatic carbocycles. The van der Waals surface area contributed by atoms with Crippen LogP contribution in [0.4, 0.5) is 0 Å². The Morgan fingerprint density at radius 3 is 2.75 bits per heavy atom. The molecule has 0 amide bonds. The number of nitrogens with one attached hydrogen (secondary N) is 1. The lowest BCUT2D eigenvalue weighted by atomic mass is 10.3. The second-order valence-corrected chi connectivity index (χ2v) is 6.73. The van der Waals surface area contributed by atoms with E-state index >= 15 is 0 Å². The number of aromatic amines is 1. The summed E-state index contributed by atoms with van der Waals surface area (Å²) in [5.74, 6) is 2.49. The zero-order valence-electron chi connectivity index (χ0n) is 14.1. The molecular weight excluding hydrogens is 423 g/mol. The van der Waals surface area contributed by atoms with Gasteiger partial charge in [-0.2, -0.15) is 9.78 Å². The lowest BCUT2D eigenvalue weighted by molar-refractivity contribution is 0.270. The number of para-hydroxylation sites is 1. The van der Waals surface area contributed by atoms with Crippen molar-refractivity contribution in [2.75, 3.05) is 0 Å². The number of ether oxygens (including phenoxy) is 1. The van der Waals surface area contributed by atoms with Gasteiger partial charge in [-0.05, 0) is 48.6 Å². The minimum absolute atomic E-state index is 0.167. The molecule has 0 spiro atoms. The standard InChI is InChI=1S/C18H12Cl2N4O3S/c19-13-3-1-4-14(20)16(13)26-10-12-7-6-11(27-12)9-21-24-17(22-23-18(24)28)15-5-2-8-25-15/h1-9H,10H2,(H,23,28)/b21-9+. The van der Waals surface area contributed by atoms with E-state index in [0.29, 0.717) is 43.7 Å². The van der Waals surface area contributed by atoms with Crippen LogP contribution in [0.15, 0.2) is 62.7 Å². The van der Waals surface area contributed by atoms with E-state index in [2.05, 4.69) is 15.3 Å². The lowest BCUT2D eigenvalue weighted by Gasteiger charge is -2.07. The molecule has 0 aliphatic rings. The van der Waals surface area contributed by atoms with Gasteiger partial charge in [0.05, 0.1) is 22.5 Å². The Morgan fingerprint density at radius 1 is 1.18 bits per heavy atom. The molecule has 0 aliphatic heterocycles. The Labute approximate surface area is 174 Å². The molecule has 1 N–H and O–H groups in total. The van der Waals surface area contributed by atoms with Crippen molar-refractivity contribution in [3.63, 3.8) is 0 Å². The number of nitrogens with zero attached hydrogens (tertiary/aromatic N) is 3. The zero-order chi connectivity index (χ0) is 19.5. The van der Waals surface area contributed by atoms with Gasteiger partial charge in [0.15, 0.2) is 11.5 Å². The first-order valence-electron chi connectivity index (χ1n) is 8.03. The largest absolute Gasteiger partial charge is 0.483 e. The van der Waals surface area contributed by atoms with Crippen LogP contribution in [-0.4, -0.2) is 21.1 Å². The molecule has 0 fully saturated rings. The Balaban J connectivity index is 1.49. The zero-order valence-corrected chi connectivity index (χ0v) is 16.5. The van der Waals surface area contributed by atoms with E-state index in [4.69, 9.17) is 49.0 Å². The summed E-state index contributed by atoms with van der Waals surface area (Å²) in [4.78, 5) is 0. The summed E-state index contributed by atoms with van der Waals surface area (Å²) in [7, 11) is 0. The number of hydrogen-bond acceptors (Lipinski definition) is 6. The molecule has 0 radical (unpaired) electrons. The number of aromatic nitrogens is 3. The summed E-state index contributed by atoms with van der Waals surface area (Å²) in [5, 5.41) is 12.0. The molecule has 3 aromatic heterocycles. The van der Waals surface area contributed by atoms with Gasteiger partial charge in [0.1, 0.15) is 18.1 Å². The second kappa shape index (κ2) is 8.05. The Kier molecular flexibility index (Phi) is 5.34. The topological polar surface area (TPSA) is 81.5 Å². The smallest absolute Gasteiger partial charge is 0.219 e. The van der Waals surface area contributed by atoms with Gasteiger partial charge in [-0.15, -0.1) is 5.10 Å². The van der Waals surface area contributed by atoms with Gasteiger partial charge in [0.2, 0.25) is 10.6 Å². The van der Waals surface area contributed by atoms with Crippen molar-refractivity contribution in [3.8, 4) is 17.3 Å². The molecule has 3 heterocycles. The maximum absolute atomic E-state index is 6.09. The Morgan fingerprint density at radius 2 is 2.00 bits per heavy atom. The lowest BCUT2D eigenvalue weighted by Crippen LogP contribution is -1.95. The molecule has 0 aliphatic carbocycles. The summed E-state index contributed by atoms with van der Waals surface area (Å²) in [6.07, 6.45) is 3.06. The fourth-order valence-corrected chi connectivity index (χ4v) is 3.07. The van der Waals surface area contributed by atoms with Crippen LogP contribution in [0.3, 0.4) is 0 Å². The SMILES string of the molecule is S=c1[nH]nc(-c2ccco2)n1/N=C/c1ccc(COc2c(Cl)cccc2Cl)o1. The second-order valence-electron chi connectivity index (χ2n) is 5.53. The van der Waals surface area contributed by atoms with Crippen molar-refractivity contribution in [1.29, 1.82) is 0 Å². The average Bonchev–Trinajstić information content (AvgIpc) is 3.41. The van der Waals surface area contributed by atoms with Crippen molar-refractivity contribution < 1.29 is 13.6 Å². The molecule has 7 nitrogen and oxygen atoms in total. The highest BCUT2D eigenvalue weighted by molar-refractivity contribution is 7.71. The van der Waals surface area contributed by atoms with Gasteiger partial charge in [-0.3, -0.25) is 0 Å². The third-order valence-electron chi connectivity index (χ3n) is 3.65. The van der Waals surface area contributed by atoms with E-state index in [1.54, 1.807) is 48.7 Å². The van der Waals surface area contributed by atoms with Gasteiger partial charge >= 0.3 is 0 Å². The van der Waals surface area contributed by atoms with E-state index < -0.39 is 0 Å². The molecule has 4 rings (SSSR count). The number of rotatable bonds is 6. The van der Waals surface area contributed by atoms with E-state index in [0.717, 1.165) is 0 Å². The van der Waals surface area contributed by atoms with Crippen molar-refractivity contribution >= 4 is 41.6 Å². The van der Waals surface area contributed by atoms with Crippen LogP contribution >= 0.6 is 35.4 Å². The van der Waals surface area contributed by atoms with Crippen LogP contribution in [-0.2, 0) is 6.61 Å². The predicted octanol–water partition coefficient (Wildman–Crippen LogP) is 5.56. The first-order valence-corrected chi connectivity index (χ1v) is 9.19. The van der Waals surface area contributed by atoms with Crippen molar-refractivity contribution in [2.24, 2.45) is 5.10 Å². The molecule has 28 heavy (non-hydrogen) atoms. The van der Waals surface area contributed by atoms with Crippen molar-refractivity contribution in [3.05, 3.63) is 75.1 Å². The fourth-order valence-electron chi connectivity index (χ4n) is 2.38. The number of furan rings is 2. The molecule has 0 bridgehead atoms. The highest BCUT2D eigenvalue weighted by Gasteiger charge is 2.11. The fraction of sp³-hybridized carbons (Fsp3) is 0.0556. The third kappa shape index (κ3) is 3.89. The summed E-state index contributed by atoms with van der Waals surface area (Å²) < 4.78 is 18.4. The molecule has 4 aromatic rings. The Hall–Kier alpha value is -2.81. The maximum Gasteiger partial charge on any atom is 0.219 e. The van der Waals surface area contributed by atoms with Gasteiger partial charge < -0.3 is 13.6 Å². The summed E-state index contributed by atoms with van der Waals surface area (Å²) in [5.41, 5.74) is 0. The van der Waals surface area contributed by atoms with Gasteiger partial charge in [0.25, 0.3) is 0 Å². The predicted molar refractivity (Wildman–Crippen MR) is 108 cm³/mol. The van der Waals surface area contributed by atoms with Crippen LogP contribution in [0.25, 0.3) is 11.6 Å². The van der Waals surface area contributed by atoms with E-state index in [-0.39, 0.29) is 6.61 Å². The average molecular weight is 435 g/mol. The summed E-state index contributed by atoms with van der Waals surface area (Å²) >= 11 is 17.4. The van der Waals surface area contributed by atoms with Crippen LogP contribution in [0.1, 0.15) is 11.5 Å². The van der Waals surface area contributed by atoms with Crippen LogP contribution in [0, 0.1) is 4.77 Å². The number of H-pyrrole nitrogens is 1. The van der Waals surface area contributed by atoms with Crippen LogP contribution < -0.4 is 4.74 Å². The maximum atomic E-state index is 6.09. The molecule has 142 valence electrons. The normalized spacial score (nSPS) is 11.4. The van der Waals surface area contributed by atoms with E-state index in [1.165, 1.54) is 10.9 Å². The highest BCUT2D eigenvalue weighted by Crippen LogP contribution is 2.33. The van der Waals surface area contributed by atoms with Gasteiger partial charge in [-0.1, -0.05) is 29.3 Å². The van der Waals surface area contributed by atoms with Gasteiger partial charge in [-0.25, -0.2) is 5.10 Å². The van der Waals surface area contributed by atoms with Crippen molar-refractivity contribution in [2.45, 2.75) is 6.61 Å². The minimum atomic E-state index is 0.167. The molecular formula is C18H12Cl2N4O3S. The monoisotopic (exact) mass is 434 g/mol.